The van der Waals surface area contributed by atoms with Crippen LogP contribution in [0.3, 0.4) is 0 Å². The molecule has 1 amide bonds. The van der Waals surface area contributed by atoms with Gasteiger partial charge in [0.25, 0.3) is 5.91 Å². The molecule has 2 rings (SSSR count). The first kappa shape index (κ1) is 15.4. The van der Waals surface area contributed by atoms with E-state index in [1.807, 2.05) is 30.3 Å². The van der Waals surface area contributed by atoms with E-state index in [4.69, 9.17) is 9.47 Å². The second-order valence-corrected chi connectivity index (χ2v) is 5.12. The Bertz CT molecular complexity index is 602. The second kappa shape index (κ2) is 7.69. The molecule has 1 N–H and O–H groups in total. The van der Waals surface area contributed by atoms with Crippen LogP contribution in [0, 0.1) is 0 Å². The van der Waals surface area contributed by atoms with E-state index < -0.39 is 0 Å². The van der Waals surface area contributed by atoms with Crippen molar-refractivity contribution >= 4 is 21.8 Å². The Morgan fingerprint density at radius 1 is 1.14 bits per heavy atom. The van der Waals surface area contributed by atoms with Crippen molar-refractivity contribution < 1.29 is 14.3 Å². The van der Waals surface area contributed by atoms with Crippen molar-refractivity contribution in [2.24, 2.45) is 0 Å². The number of carbonyl (C=O) groups excluding carboxylic acids is 1. The quantitative estimate of drug-likeness (QED) is 0.814. The molecule has 21 heavy (non-hydrogen) atoms. The van der Waals surface area contributed by atoms with Crippen LogP contribution in [0.15, 0.2) is 53.0 Å². The van der Waals surface area contributed by atoms with E-state index in [1.54, 1.807) is 25.3 Å². The summed E-state index contributed by atoms with van der Waals surface area (Å²) in [6.07, 6.45) is 0. The lowest BCUT2D eigenvalue weighted by molar-refractivity contribution is 0.0946. The van der Waals surface area contributed by atoms with Gasteiger partial charge in [-0.2, -0.15) is 0 Å². The summed E-state index contributed by atoms with van der Waals surface area (Å²) in [6, 6.07) is 14.8. The summed E-state index contributed by atoms with van der Waals surface area (Å²) < 4.78 is 11.4. The zero-order valence-electron chi connectivity index (χ0n) is 11.6. The van der Waals surface area contributed by atoms with E-state index in [9.17, 15) is 4.79 Å². The summed E-state index contributed by atoms with van der Waals surface area (Å²) in [7, 11) is 1.57. The molecular formula is C16H16BrNO3. The highest BCUT2D eigenvalue weighted by Gasteiger charge is 2.10. The molecule has 4 nitrogen and oxygen atoms in total. The smallest absolute Gasteiger partial charge is 0.252 e. The van der Waals surface area contributed by atoms with Crippen LogP contribution in [0.25, 0.3) is 0 Å². The van der Waals surface area contributed by atoms with Crippen LogP contribution in [0.2, 0.25) is 0 Å². The van der Waals surface area contributed by atoms with Crippen molar-refractivity contribution in [1.82, 2.24) is 5.32 Å². The van der Waals surface area contributed by atoms with Crippen LogP contribution in [-0.4, -0.2) is 26.2 Å². The Labute approximate surface area is 132 Å². The summed E-state index contributed by atoms with van der Waals surface area (Å²) in [5, 5.41) is 2.81. The first-order chi connectivity index (χ1) is 10.2. The number of methoxy groups -OCH3 is 1. The molecule has 0 bridgehead atoms. The molecular weight excluding hydrogens is 334 g/mol. The highest BCUT2D eigenvalue weighted by molar-refractivity contribution is 9.10. The third-order valence-corrected chi connectivity index (χ3v) is 3.51. The molecule has 0 aliphatic heterocycles. The Balaban J connectivity index is 1.84. The largest absolute Gasteiger partial charge is 0.497 e. The molecule has 2 aromatic carbocycles. The minimum Gasteiger partial charge on any atom is -0.497 e. The number of hydrogen-bond donors (Lipinski definition) is 1. The van der Waals surface area contributed by atoms with Gasteiger partial charge in [0.2, 0.25) is 0 Å². The van der Waals surface area contributed by atoms with Gasteiger partial charge in [0, 0.05) is 4.47 Å². The third-order valence-electron chi connectivity index (χ3n) is 2.82. The van der Waals surface area contributed by atoms with Crippen molar-refractivity contribution in [2.75, 3.05) is 20.3 Å². The van der Waals surface area contributed by atoms with Gasteiger partial charge in [-0.25, -0.2) is 0 Å². The molecule has 0 unspecified atom stereocenters. The van der Waals surface area contributed by atoms with Gasteiger partial charge in [0.15, 0.2) is 0 Å². The van der Waals surface area contributed by atoms with Crippen LogP contribution in [0.5, 0.6) is 11.5 Å². The van der Waals surface area contributed by atoms with Gasteiger partial charge in [0.05, 0.1) is 19.2 Å². The summed E-state index contributed by atoms with van der Waals surface area (Å²) >= 11 is 3.36. The molecule has 2 aromatic rings. The second-order valence-electron chi connectivity index (χ2n) is 4.26. The number of amides is 1. The van der Waals surface area contributed by atoms with E-state index >= 15 is 0 Å². The standard InChI is InChI=1S/C16H16BrNO3/c1-20-13-7-8-15(17)14(11-13)16(19)18-9-10-21-12-5-3-2-4-6-12/h2-8,11H,9-10H2,1H3,(H,18,19). The van der Waals surface area contributed by atoms with Gasteiger partial charge in [-0.1, -0.05) is 18.2 Å². The normalized spacial score (nSPS) is 10.0. The highest BCUT2D eigenvalue weighted by atomic mass is 79.9. The number of nitrogens with one attached hydrogen (secondary N) is 1. The minimum atomic E-state index is -0.169. The van der Waals surface area contributed by atoms with Crippen LogP contribution in [-0.2, 0) is 0 Å². The molecule has 0 spiro atoms. The van der Waals surface area contributed by atoms with E-state index in [0.717, 1.165) is 10.2 Å². The van der Waals surface area contributed by atoms with Gasteiger partial charge in [-0.05, 0) is 46.3 Å². The van der Waals surface area contributed by atoms with Crippen LogP contribution in [0.4, 0.5) is 0 Å². The zero-order chi connectivity index (χ0) is 15.1. The van der Waals surface area contributed by atoms with Crippen LogP contribution in [0.1, 0.15) is 10.4 Å². The molecule has 110 valence electrons. The Morgan fingerprint density at radius 3 is 2.62 bits per heavy atom. The fourth-order valence-corrected chi connectivity index (χ4v) is 2.18. The maximum atomic E-state index is 12.1. The predicted octanol–water partition coefficient (Wildman–Crippen LogP) is 3.27. The number of ether oxygens (including phenoxy) is 2. The minimum absolute atomic E-state index is 0.169. The zero-order valence-corrected chi connectivity index (χ0v) is 13.2. The first-order valence-corrected chi connectivity index (χ1v) is 7.29. The van der Waals surface area contributed by atoms with Crippen LogP contribution < -0.4 is 14.8 Å². The predicted molar refractivity (Wildman–Crippen MR) is 85.0 cm³/mol. The maximum absolute atomic E-state index is 12.1. The monoisotopic (exact) mass is 349 g/mol. The molecule has 0 fully saturated rings. The number of para-hydroxylation sites is 1. The van der Waals surface area contributed by atoms with E-state index in [2.05, 4.69) is 21.2 Å². The first-order valence-electron chi connectivity index (χ1n) is 6.50. The Morgan fingerprint density at radius 2 is 1.90 bits per heavy atom. The summed E-state index contributed by atoms with van der Waals surface area (Å²) in [5.41, 5.74) is 0.536. The number of benzene rings is 2. The molecule has 0 atom stereocenters. The molecule has 0 aliphatic rings. The fraction of sp³-hybridized carbons (Fsp3) is 0.188. The number of rotatable bonds is 6. The molecule has 0 saturated heterocycles. The molecule has 0 saturated carbocycles. The van der Waals surface area contributed by atoms with Crippen molar-refractivity contribution in [3.8, 4) is 11.5 Å². The lowest BCUT2D eigenvalue weighted by atomic mass is 10.2. The van der Waals surface area contributed by atoms with E-state index in [-0.39, 0.29) is 5.91 Å². The lowest BCUT2D eigenvalue weighted by Gasteiger charge is -2.09. The van der Waals surface area contributed by atoms with Gasteiger partial charge in [0.1, 0.15) is 18.1 Å². The average molecular weight is 350 g/mol. The van der Waals surface area contributed by atoms with Gasteiger partial charge in [-0.15, -0.1) is 0 Å². The maximum Gasteiger partial charge on any atom is 0.252 e. The third kappa shape index (κ3) is 4.49. The topological polar surface area (TPSA) is 47.6 Å². The fourth-order valence-electron chi connectivity index (χ4n) is 1.75. The number of halogens is 1. The van der Waals surface area contributed by atoms with Gasteiger partial charge in [-0.3, -0.25) is 4.79 Å². The Hall–Kier alpha value is -2.01. The van der Waals surface area contributed by atoms with Crippen molar-refractivity contribution in [1.29, 1.82) is 0 Å². The van der Waals surface area contributed by atoms with Crippen molar-refractivity contribution in [3.05, 3.63) is 58.6 Å². The SMILES string of the molecule is COc1ccc(Br)c(C(=O)NCCOc2ccccc2)c1. The van der Waals surface area contributed by atoms with Crippen molar-refractivity contribution in [3.63, 3.8) is 0 Å². The van der Waals surface area contributed by atoms with Gasteiger partial charge < -0.3 is 14.8 Å². The van der Waals surface area contributed by atoms with E-state index in [1.165, 1.54) is 0 Å². The van der Waals surface area contributed by atoms with Gasteiger partial charge >= 0.3 is 0 Å². The molecule has 0 radical (unpaired) electrons. The molecule has 0 aliphatic carbocycles. The highest BCUT2D eigenvalue weighted by Crippen LogP contribution is 2.22. The van der Waals surface area contributed by atoms with Crippen LogP contribution >= 0.6 is 15.9 Å². The lowest BCUT2D eigenvalue weighted by Crippen LogP contribution is -2.28. The molecule has 0 heterocycles. The average Bonchev–Trinajstić information content (AvgIpc) is 2.53. The number of hydrogen-bond acceptors (Lipinski definition) is 3. The Kier molecular flexibility index (Phi) is 5.63. The summed E-state index contributed by atoms with van der Waals surface area (Å²) in [5.74, 6) is 1.26. The summed E-state index contributed by atoms with van der Waals surface area (Å²) in [4.78, 5) is 12.1. The molecule has 0 aromatic heterocycles. The summed E-state index contributed by atoms with van der Waals surface area (Å²) in [6.45, 7) is 0.842. The number of carbonyl (C=O) groups is 1. The van der Waals surface area contributed by atoms with E-state index in [0.29, 0.717) is 24.5 Å². The van der Waals surface area contributed by atoms with Crippen molar-refractivity contribution in [2.45, 2.75) is 0 Å². The molecule has 5 heteroatoms.